The number of halogens is 9. The van der Waals surface area contributed by atoms with Crippen molar-refractivity contribution < 1.29 is 53.8 Å². The van der Waals surface area contributed by atoms with Crippen LogP contribution >= 0.6 is 0 Å². The van der Waals surface area contributed by atoms with Crippen molar-refractivity contribution in [2.24, 2.45) is 5.73 Å². The van der Waals surface area contributed by atoms with E-state index < -0.39 is 76.8 Å². The third kappa shape index (κ3) is 6.41. The summed E-state index contributed by atoms with van der Waals surface area (Å²) in [5.41, 5.74) is -0.388. The second-order valence-corrected chi connectivity index (χ2v) is 9.48. The summed E-state index contributed by atoms with van der Waals surface area (Å²) >= 11 is 0. The largest absolute Gasteiger partial charge is 0.446 e. The molecule has 0 aliphatic carbocycles. The molecule has 0 fully saturated rings. The topological polar surface area (TPSA) is 72.6 Å². The standard InChI is InChI=1S/C25H23F9N2O3/c1-11(2)39-22(38)36-12(3)6-18(17-10-14(23(26,27)28)4-5-19(17)36)20(21(35)37)13-7-15(24(29,30)31)9-16(8-13)25(32,33)34/h4-5,7-12,18,20H,6H2,1-3H3,(H2,35,37)/t12-,18+,20-/m1/s1. The van der Waals surface area contributed by atoms with E-state index in [0.717, 1.165) is 11.0 Å². The molecule has 1 aliphatic heterocycles. The highest BCUT2D eigenvalue weighted by Gasteiger charge is 2.44. The number of rotatable bonds is 4. The maximum atomic E-state index is 13.6. The summed E-state index contributed by atoms with van der Waals surface area (Å²) in [4.78, 5) is 26.4. The van der Waals surface area contributed by atoms with E-state index in [9.17, 15) is 49.1 Å². The first-order valence-corrected chi connectivity index (χ1v) is 11.5. The van der Waals surface area contributed by atoms with Gasteiger partial charge in [-0.3, -0.25) is 9.69 Å². The monoisotopic (exact) mass is 570 g/mol. The fourth-order valence-electron chi connectivity index (χ4n) is 4.69. The zero-order chi connectivity index (χ0) is 29.7. The molecule has 0 unspecified atom stereocenters. The predicted molar refractivity (Wildman–Crippen MR) is 121 cm³/mol. The first-order chi connectivity index (χ1) is 17.7. The molecule has 2 amide bonds. The molecular weight excluding hydrogens is 547 g/mol. The van der Waals surface area contributed by atoms with E-state index in [1.165, 1.54) is 20.8 Å². The van der Waals surface area contributed by atoms with Crippen molar-refractivity contribution in [3.63, 3.8) is 0 Å². The van der Waals surface area contributed by atoms with E-state index >= 15 is 0 Å². The molecule has 2 N–H and O–H groups in total. The first kappa shape index (κ1) is 30.1. The fraction of sp³-hybridized carbons (Fsp3) is 0.440. The number of hydrogen-bond acceptors (Lipinski definition) is 3. The van der Waals surface area contributed by atoms with Gasteiger partial charge in [-0.05, 0) is 74.7 Å². The van der Waals surface area contributed by atoms with Crippen LogP contribution in [0.4, 0.5) is 50.0 Å². The quantitative estimate of drug-likeness (QED) is 0.394. The Labute approximate surface area is 216 Å². The average Bonchev–Trinajstić information content (AvgIpc) is 2.76. The second-order valence-electron chi connectivity index (χ2n) is 9.48. The molecule has 2 aromatic rings. The molecule has 2 aromatic carbocycles. The molecule has 0 radical (unpaired) electrons. The Balaban J connectivity index is 2.29. The number of nitrogens with zero attached hydrogens (tertiary/aromatic N) is 1. The molecule has 5 nitrogen and oxygen atoms in total. The Kier molecular flexibility index (Phi) is 7.92. The molecule has 1 heterocycles. The van der Waals surface area contributed by atoms with E-state index in [4.69, 9.17) is 10.5 Å². The zero-order valence-corrected chi connectivity index (χ0v) is 20.6. The average molecular weight is 570 g/mol. The number of hydrogen-bond donors (Lipinski definition) is 1. The number of ether oxygens (including phenoxy) is 1. The van der Waals surface area contributed by atoms with E-state index in [2.05, 4.69) is 0 Å². The lowest BCUT2D eigenvalue weighted by Gasteiger charge is -2.41. The molecule has 3 rings (SSSR count). The summed E-state index contributed by atoms with van der Waals surface area (Å²) in [6.07, 6.45) is -17.3. The fourth-order valence-corrected chi connectivity index (χ4v) is 4.69. The van der Waals surface area contributed by atoms with Crippen LogP contribution in [-0.2, 0) is 28.1 Å². The Bertz CT molecular complexity index is 1220. The van der Waals surface area contributed by atoms with Crippen molar-refractivity contribution in [2.45, 2.75) is 69.7 Å². The molecule has 0 spiro atoms. The van der Waals surface area contributed by atoms with Crippen molar-refractivity contribution >= 4 is 17.7 Å². The van der Waals surface area contributed by atoms with Gasteiger partial charge >= 0.3 is 24.6 Å². The van der Waals surface area contributed by atoms with Gasteiger partial charge in [0.2, 0.25) is 5.91 Å². The van der Waals surface area contributed by atoms with E-state index in [1.54, 1.807) is 0 Å². The number of fused-ring (bicyclic) bond motifs is 1. The van der Waals surface area contributed by atoms with Crippen LogP contribution in [0.15, 0.2) is 36.4 Å². The zero-order valence-electron chi connectivity index (χ0n) is 20.6. The van der Waals surface area contributed by atoms with Crippen LogP contribution in [-0.4, -0.2) is 24.1 Å². The maximum absolute atomic E-state index is 13.6. The first-order valence-electron chi connectivity index (χ1n) is 11.5. The summed E-state index contributed by atoms with van der Waals surface area (Å²) in [6, 6.07) is 1.83. The van der Waals surface area contributed by atoms with E-state index in [1.807, 2.05) is 0 Å². The minimum Gasteiger partial charge on any atom is -0.446 e. The number of carbonyl (C=O) groups is 2. The van der Waals surface area contributed by atoms with Crippen LogP contribution in [0.3, 0.4) is 0 Å². The molecule has 14 heteroatoms. The molecule has 214 valence electrons. The summed E-state index contributed by atoms with van der Waals surface area (Å²) in [5, 5.41) is 0. The number of carbonyl (C=O) groups excluding carboxylic acids is 2. The van der Waals surface area contributed by atoms with Crippen LogP contribution in [0.25, 0.3) is 0 Å². The van der Waals surface area contributed by atoms with Gasteiger partial charge in [-0.15, -0.1) is 0 Å². The van der Waals surface area contributed by atoms with Crippen LogP contribution in [0, 0.1) is 0 Å². The Morgan fingerprint density at radius 3 is 1.82 bits per heavy atom. The minimum atomic E-state index is -5.24. The SMILES string of the molecule is CC(C)OC(=O)N1c2ccc(C(F)(F)F)cc2[C@@H]([C@H](C(N)=O)c2cc(C(F)(F)F)cc(C(F)(F)F)c2)C[C@H]1C. The number of benzene rings is 2. The van der Waals surface area contributed by atoms with Crippen molar-refractivity contribution in [2.75, 3.05) is 4.90 Å². The highest BCUT2D eigenvalue weighted by Crippen LogP contribution is 2.49. The lowest BCUT2D eigenvalue weighted by Crippen LogP contribution is -2.46. The third-order valence-corrected chi connectivity index (χ3v) is 6.26. The molecule has 0 saturated heterocycles. The van der Waals surface area contributed by atoms with Gasteiger partial charge < -0.3 is 10.5 Å². The number of amides is 2. The number of nitrogens with two attached hydrogens (primary N) is 1. The van der Waals surface area contributed by atoms with Crippen LogP contribution in [0.5, 0.6) is 0 Å². The highest BCUT2D eigenvalue weighted by molar-refractivity contribution is 5.91. The lowest BCUT2D eigenvalue weighted by atomic mass is 9.73. The normalized spacial score (nSPS) is 19.1. The van der Waals surface area contributed by atoms with Crippen LogP contribution in [0.2, 0.25) is 0 Å². The van der Waals surface area contributed by atoms with Gasteiger partial charge in [0.15, 0.2) is 0 Å². The summed E-state index contributed by atoms with van der Waals surface area (Å²) in [5.74, 6) is -4.68. The number of alkyl halides is 9. The Morgan fingerprint density at radius 1 is 0.872 bits per heavy atom. The molecule has 39 heavy (non-hydrogen) atoms. The Morgan fingerprint density at radius 2 is 1.38 bits per heavy atom. The molecule has 0 saturated carbocycles. The van der Waals surface area contributed by atoms with Gasteiger partial charge in [0.1, 0.15) is 0 Å². The van der Waals surface area contributed by atoms with Gasteiger partial charge in [-0.2, -0.15) is 39.5 Å². The molecule has 3 atom stereocenters. The maximum Gasteiger partial charge on any atom is 0.416 e. The molecule has 0 bridgehead atoms. The van der Waals surface area contributed by atoms with Crippen molar-refractivity contribution in [1.82, 2.24) is 0 Å². The van der Waals surface area contributed by atoms with Gasteiger partial charge in [0, 0.05) is 12.0 Å². The summed E-state index contributed by atoms with van der Waals surface area (Å²) in [7, 11) is 0. The minimum absolute atomic E-state index is 0.135. The Hall–Kier alpha value is -3.45. The lowest BCUT2D eigenvalue weighted by molar-refractivity contribution is -0.143. The smallest absolute Gasteiger partial charge is 0.416 e. The van der Waals surface area contributed by atoms with Gasteiger partial charge in [-0.1, -0.05) is 0 Å². The van der Waals surface area contributed by atoms with Gasteiger partial charge in [0.25, 0.3) is 0 Å². The van der Waals surface area contributed by atoms with Crippen molar-refractivity contribution in [3.8, 4) is 0 Å². The van der Waals surface area contributed by atoms with Crippen LogP contribution < -0.4 is 10.6 Å². The molecular formula is C25H23F9N2O3. The van der Waals surface area contributed by atoms with E-state index in [-0.39, 0.29) is 23.7 Å². The molecule has 0 aromatic heterocycles. The second kappa shape index (κ2) is 10.3. The number of anilines is 1. The molecule has 1 aliphatic rings. The summed E-state index contributed by atoms with van der Waals surface area (Å²) in [6.45, 7) is 4.50. The van der Waals surface area contributed by atoms with Crippen molar-refractivity contribution in [3.05, 3.63) is 64.2 Å². The predicted octanol–water partition coefficient (Wildman–Crippen LogP) is 7.24. The van der Waals surface area contributed by atoms with Crippen LogP contribution in [0.1, 0.15) is 66.8 Å². The van der Waals surface area contributed by atoms with Gasteiger partial charge in [0.05, 0.1) is 34.4 Å². The number of primary amides is 1. The van der Waals surface area contributed by atoms with E-state index in [0.29, 0.717) is 24.3 Å². The summed E-state index contributed by atoms with van der Waals surface area (Å²) < 4.78 is 127. The van der Waals surface area contributed by atoms with Crippen molar-refractivity contribution in [1.29, 1.82) is 0 Å². The highest BCUT2D eigenvalue weighted by atomic mass is 19.4. The van der Waals surface area contributed by atoms with Gasteiger partial charge in [-0.25, -0.2) is 4.79 Å². The third-order valence-electron chi connectivity index (χ3n) is 6.26.